The van der Waals surface area contributed by atoms with Gasteiger partial charge in [-0.25, -0.2) is 9.97 Å². The van der Waals surface area contributed by atoms with Crippen molar-refractivity contribution in [3.05, 3.63) is 71.8 Å². The van der Waals surface area contributed by atoms with Crippen LogP contribution in [0.4, 0.5) is 5.13 Å². The minimum Gasteiger partial charge on any atom is -0.497 e. The van der Waals surface area contributed by atoms with Gasteiger partial charge in [0.25, 0.3) is 5.91 Å². The number of rotatable bonds is 7. The van der Waals surface area contributed by atoms with Crippen LogP contribution >= 0.6 is 22.9 Å². The second kappa shape index (κ2) is 8.63. The van der Waals surface area contributed by atoms with Crippen LogP contribution < -0.4 is 9.64 Å². The summed E-state index contributed by atoms with van der Waals surface area (Å²) in [6.07, 6.45) is 6.20. The number of imidazole rings is 1. The zero-order chi connectivity index (χ0) is 20.2. The van der Waals surface area contributed by atoms with Gasteiger partial charge in [-0.15, -0.1) is 0 Å². The Morgan fingerprint density at radius 3 is 2.97 bits per heavy atom. The molecule has 0 aliphatic carbocycles. The summed E-state index contributed by atoms with van der Waals surface area (Å²) in [5.74, 6) is 0.532. The van der Waals surface area contributed by atoms with Crippen LogP contribution in [0.1, 0.15) is 16.8 Å². The summed E-state index contributed by atoms with van der Waals surface area (Å²) in [5, 5.41) is 1.30. The van der Waals surface area contributed by atoms with E-state index in [9.17, 15) is 4.79 Å². The van der Waals surface area contributed by atoms with Crippen LogP contribution in [0, 0.1) is 0 Å². The minimum absolute atomic E-state index is 0.111. The van der Waals surface area contributed by atoms with E-state index in [0.29, 0.717) is 28.0 Å². The quantitative estimate of drug-likeness (QED) is 0.422. The van der Waals surface area contributed by atoms with Gasteiger partial charge in [0.2, 0.25) is 0 Å². The minimum atomic E-state index is -0.111. The van der Waals surface area contributed by atoms with Crippen molar-refractivity contribution >= 4 is 44.2 Å². The number of hydrogen-bond donors (Lipinski definition) is 0. The number of hydrogen-bond acceptors (Lipinski definition) is 5. The number of carbonyl (C=O) groups is 1. The molecule has 0 unspecified atom stereocenters. The topological polar surface area (TPSA) is 60.2 Å². The number of aryl methyl sites for hydroxylation is 1. The highest BCUT2D eigenvalue weighted by Crippen LogP contribution is 2.32. The smallest absolute Gasteiger partial charge is 0.260 e. The molecule has 29 heavy (non-hydrogen) atoms. The third kappa shape index (κ3) is 4.41. The maximum Gasteiger partial charge on any atom is 0.260 e. The maximum absolute atomic E-state index is 13.3. The van der Waals surface area contributed by atoms with Crippen molar-refractivity contribution in [3.63, 3.8) is 0 Å². The van der Waals surface area contributed by atoms with Gasteiger partial charge in [-0.05, 0) is 42.8 Å². The molecule has 2 aromatic carbocycles. The summed E-state index contributed by atoms with van der Waals surface area (Å²) in [6.45, 7) is 1.29. The summed E-state index contributed by atoms with van der Waals surface area (Å²) in [4.78, 5) is 23.8. The van der Waals surface area contributed by atoms with Gasteiger partial charge in [0.15, 0.2) is 5.13 Å². The molecular weight excluding hydrogens is 408 g/mol. The Balaban J connectivity index is 1.64. The van der Waals surface area contributed by atoms with E-state index in [4.69, 9.17) is 16.3 Å². The van der Waals surface area contributed by atoms with Crippen molar-refractivity contribution < 1.29 is 9.53 Å². The predicted molar refractivity (Wildman–Crippen MR) is 116 cm³/mol. The first-order valence-corrected chi connectivity index (χ1v) is 10.3. The van der Waals surface area contributed by atoms with E-state index in [1.165, 1.54) is 11.3 Å². The summed E-state index contributed by atoms with van der Waals surface area (Å²) in [6, 6.07) is 12.7. The van der Waals surface area contributed by atoms with Gasteiger partial charge in [-0.2, -0.15) is 0 Å². The Labute approximate surface area is 177 Å². The number of aromatic nitrogens is 3. The lowest BCUT2D eigenvalue weighted by Gasteiger charge is -2.20. The van der Waals surface area contributed by atoms with Gasteiger partial charge in [-0.3, -0.25) is 9.69 Å². The van der Waals surface area contributed by atoms with Crippen molar-refractivity contribution in [1.82, 2.24) is 14.5 Å². The summed E-state index contributed by atoms with van der Waals surface area (Å²) < 4.78 is 8.22. The SMILES string of the molecule is COc1cccc(C(=O)N(CCCn2ccnc2)c2nc3ccc(Cl)cc3s2)c1. The number of fused-ring (bicyclic) bond motifs is 1. The lowest BCUT2D eigenvalue weighted by Crippen LogP contribution is -2.32. The maximum atomic E-state index is 13.3. The number of amides is 1. The Hall–Kier alpha value is -2.90. The second-order valence-electron chi connectivity index (χ2n) is 6.45. The molecule has 0 saturated carbocycles. The van der Waals surface area contributed by atoms with Crippen molar-refractivity contribution in [1.29, 1.82) is 0 Å². The molecule has 0 spiro atoms. The number of halogens is 1. The fraction of sp³-hybridized carbons (Fsp3) is 0.190. The monoisotopic (exact) mass is 426 g/mol. The summed E-state index contributed by atoms with van der Waals surface area (Å²) in [5.41, 5.74) is 1.39. The standard InChI is InChI=1S/C21H19ClN4O2S/c1-28-17-5-2-4-15(12-17)20(27)26(10-3-9-25-11-8-23-14-25)21-24-18-7-6-16(22)13-19(18)29-21/h2,4-8,11-14H,3,9-10H2,1H3. The number of ether oxygens (including phenoxy) is 1. The summed E-state index contributed by atoms with van der Waals surface area (Å²) in [7, 11) is 1.59. The number of benzene rings is 2. The normalized spacial score (nSPS) is 11.0. The van der Waals surface area contributed by atoms with E-state index >= 15 is 0 Å². The van der Waals surface area contributed by atoms with E-state index in [1.807, 2.05) is 35.0 Å². The molecule has 0 N–H and O–H groups in total. The number of anilines is 1. The molecular formula is C21H19ClN4O2S. The number of thiazole rings is 1. The van der Waals surface area contributed by atoms with E-state index in [1.54, 1.807) is 42.7 Å². The van der Waals surface area contributed by atoms with Gasteiger partial charge in [0, 0.05) is 36.1 Å². The molecule has 0 aliphatic heterocycles. The lowest BCUT2D eigenvalue weighted by atomic mass is 10.2. The Kier molecular flexibility index (Phi) is 5.78. The molecule has 0 aliphatic rings. The van der Waals surface area contributed by atoms with Crippen LogP contribution in [0.2, 0.25) is 5.02 Å². The van der Waals surface area contributed by atoms with Crippen LogP contribution in [-0.2, 0) is 6.54 Å². The van der Waals surface area contributed by atoms with E-state index in [-0.39, 0.29) is 5.91 Å². The van der Waals surface area contributed by atoms with Gasteiger partial charge >= 0.3 is 0 Å². The molecule has 4 rings (SSSR count). The fourth-order valence-corrected chi connectivity index (χ4v) is 4.29. The van der Waals surface area contributed by atoms with Gasteiger partial charge in [-0.1, -0.05) is 29.0 Å². The van der Waals surface area contributed by atoms with Crippen LogP contribution in [0.5, 0.6) is 5.75 Å². The number of carbonyl (C=O) groups excluding carboxylic acids is 1. The molecule has 2 heterocycles. The Morgan fingerprint density at radius 1 is 1.28 bits per heavy atom. The highest BCUT2D eigenvalue weighted by Gasteiger charge is 2.21. The van der Waals surface area contributed by atoms with Gasteiger partial charge in [0.1, 0.15) is 5.75 Å². The lowest BCUT2D eigenvalue weighted by molar-refractivity contribution is 0.0986. The molecule has 6 nitrogen and oxygen atoms in total. The van der Waals surface area contributed by atoms with Crippen molar-refractivity contribution in [2.45, 2.75) is 13.0 Å². The predicted octanol–water partition coefficient (Wildman–Crippen LogP) is 4.89. The first kappa shape index (κ1) is 19.4. The highest BCUT2D eigenvalue weighted by atomic mass is 35.5. The van der Waals surface area contributed by atoms with Crippen molar-refractivity contribution in [2.24, 2.45) is 0 Å². The molecule has 8 heteroatoms. The zero-order valence-corrected chi connectivity index (χ0v) is 17.4. The van der Waals surface area contributed by atoms with Crippen LogP contribution in [-0.4, -0.2) is 34.1 Å². The fourth-order valence-electron chi connectivity index (χ4n) is 3.03. The summed E-state index contributed by atoms with van der Waals surface area (Å²) >= 11 is 7.58. The highest BCUT2D eigenvalue weighted by molar-refractivity contribution is 7.22. The molecule has 0 saturated heterocycles. The molecule has 0 fully saturated rings. The van der Waals surface area contributed by atoms with Crippen molar-refractivity contribution in [2.75, 3.05) is 18.6 Å². The molecule has 1 amide bonds. The third-order valence-electron chi connectivity index (χ3n) is 4.49. The number of methoxy groups -OCH3 is 1. The van der Waals surface area contributed by atoms with Crippen molar-refractivity contribution in [3.8, 4) is 5.75 Å². The third-order valence-corrected chi connectivity index (χ3v) is 5.77. The Bertz CT molecular complexity index is 1130. The van der Waals surface area contributed by atoms with Crippen LogP contribution in [0.15, 0.2) is 61.2 Å². The van der Waals surface area contributed by atoms with E-state index in [0.717, 1.165) is 23.2 Å². The largest absolute Gasteiger partial charge is 0.497 e. The molecule has 2 aromatic heterocycles. The average molecular weight is 427 g/mol. The van der Waals surface area contributed by atoms with Crippen LogP contribution in [0.3, 0.4) is 0 Å². The first-order valence-electron chi connectivity index (χ1n) is 9.12. The van der Waals surface area contributed by atoms with Crippen LogP contribution in [0.25, 0.3) is 10.2 Å². The average Bonchev–Trinajstić information content (AvgIpc) is 3.40. The van der Waals surface area contributed by atoms with Gasteiger partial charge in [0.05, 0.1) is 23.7 Å². The molecule has 148 valence electrons. The number of nitrogens with zero attached hydrogens (tertiary/aromatic N) is 4. The van der Waals surface area contributed by atoms with Gasteiger partial charge < -0.3 is 9.30 Å². The molecule has 0 bridgehead atoms. The van der Waals surface area contributed by atoms with E-state index in [2.05, 4.69) is 9.97 Å². The molecule has 0 radical (unpaired) electrons. The zero-order valence-electron chi connectivity index (χ0n) is 15.8. The molecule has 4 aromatic rings. The van der Waals surface area contributed by atoms with E-state index < -0.39 is 0 Å². The molecule has 0 atom stereocenters. The second-order valence-corrected chi connectivity index (χ2v) is 7.90. The first-order chi connectivity index (χ1) is 14.1. The Morgan fingerprint density at radius 2 is 2.17 bits per heavy atom.